The van der Waals surface area contributed by atoms with E-state index in [2.05, 4.69) is 0 Å². The average molecular weight is 217 g/mol. The number of nitro benzene ring substituents is 1. The third kappa shape index (κ3) is 2.25. The standard InChI is InChI=1S/C8H5F2NO4/c9-5-2-1-4(7(10)8(12)13)3-6(5)11(14)15/h1-3,7H,(H,12,13). The summed E-state index contributed by atoms with van der Waals surface area (Å²) in [5, 5.41) is 18.6. The van der Waals surface area contributed by atoms with E-state index in [1.54, 1.807) is 0 Å². The number of nitrogens with zero attached hydrogens (tertiary/aromatic N) is 1. The van der Waals surface area contributed by atoms with Gasteiger partial charge < -0.3 is 5.11 Å². The quantitative estimate of drug-likeness (QED) is 0.618. The Hall–Kier alpha value is -2.05. The molecule has 0 saturated heterocycles. The van der Waals surface area contributed by atoms with Crippen molar-refractivity contribution in [2.45, 2.75) is 6.17 Å². The molecule has 7 heteroatoms. The highest BCUT2D eigenvalue weighted by Gasteiger charge is 2.23. The van der Waals surface area contributed by atoms with Gasteiger partial charge in [-0.2, -0.15) is 4.39 Å². The van der Waals surface area contributed by atoms with Gasteiger partial charge in [0.1, 0.15) is 0 Å². The number of hydrogen-bond acceptors (Lipinski definition) is 3. The monoisotopic (exact) mass is 217 g/mol. The number of carbonyl (C=O) groups is 1. The maximum atomic E-state index is 12.9. The Morgan fingerprint density at radius 2 is 2.13 bits per heavy atom. The van der Waals surface area contributed by atoms with E-state index in [1.165, 1.54) is 0 Å². The van der Waals surface area contributed by atoms with Crippen LogP contribution in [0.1, 0.15) is 11.7 Å². The zero-order chi connectivity index (χ0) is 11.6. The molecule has 0 aliphatic heterocycles. The molecule has 1 rings (SSSR count). The molecule has 0 aliphatic carbocycles. The highest BCUT2D eigenvalue weighted by atomic mass is 19.1. The highest BCUT2D eigenvalue weighted by Crippen LogP contribution is 2.24. The summed E-state index contributed by atoms with van der Waals surface area (Å²) >= 11 is 0. The van der Waals surface area contributed by atoms with E-state index in [4.69, 9.17) is 5.11 Å². The van der Waals surface area contributed by atoms with E-state index in [0.29, 0.717) is 12.1 Å². The van der Waals surface area contributed by atoms with Crippen molar-refractivity contribution < 1.29 is 23.6 Å². The molecule has 0 bridgehead atoms. The van der Waals surface area contributed by atoms with E-state index in [1.807, 2.05) is 0 Å². The third-order valence-corrected chi connectivity index (χ3v) is 1.68. The van der Waals surface area contributed by atoms with Gasteiger partial charge in [-0.05, 0) is 6.07 Å². The molecule has 0 amide bonds. The number of hydrogen-bond donors (Lipinski definition) is 1. The van der Waals surface area contributed by atoms with Crippen LogP contribution >= 0.6 is 0 Å². The summed E-state index contributed by atoms with van der Waals surface area (Å²) in [5.41, 5.74) is -1.41. The van der Waals surface area contributed by atoms with E-state index < -0.39 is 34.1 Å². The highest BCUT2D eigenvalue weighted by molar-refractivity contribution is 5.74. The summed E-state index contributed by atoms with van der Waals surface area (Å²) < 4.78 is 25.7. The lowest BCUT2D eigenvalue weighted by molar-refractivity contribution is -0.387. The fraction of sp³-hybridized carbons (Fsp3) is 0.125. The molecule has 0 spiro atoms. The first-order valence-electron chi connectivity index (χ1n) is 3.74. The lowest BCUT2D eigenvalue weighted by Crippen LogP contribution is -2.06. The van der Waals surface area contributed by atoms with Crippen LogP contribution in [0.4, 0.5) is 14.5 Å². The van der Waals surface area contributed by atoms with Crippen molar-refractivity contribution in [3.8, 4) is 0 Å². The van der Waals surface area contributed by atoms with Crippen LogP contribution in [0.2, 0.25) is 0 Å². The van der Waals surface area contributed by atoms with Crippen molar-refractivity contribution in [3.63, 3.8) is 0 Å². The maximum Gasteiger partial charge on any atom is 0.343 e. The summed E-state index contributed by atoms with van der Waals surface area (Å²) in [6.45, 7) is 0. The summed E-state index contributed by atoms with van der Waals surface area (Å²) in [6, 6.07) is 2.07. The topological polar surface area (TPSA) is 80.4 Å². The second-order valence-corrected chi connectivity index (χ2v) is 2.67. The van der Waals surface area contributed by atoms with Gasteiger partial charge in [0.25, 0.3) is 0 Å². The molecular weight excluding hydrogens is 212 g/mol. The summed E-state index contributed by atoms with van der Waals surface area (Å²) in [5.74, 6) is -2.92. The first-order chi connectivity index (χ1) is 6.93. The van der Waals surface area contributed by atoms with Crippen LogP contribution in [0.5, 0.6) is 0 Å². The van der Waals surface area contributed by atoms with E-state index >= 15 is 0 Å². The molecule has 1 N–H and O–H groups in total. The van der Waals surface area contributed by atoms with Crippen molar-refractivity contribution in [1.29, 1.82) is 0 Å². The molecule has 1 aromatic carbocycles. The van der Waals surface area contributed by atoms with E-state index in [-0.39, 0.29) is 0 Å². The first-order valence-corrected chi connectivity index (χ1v) is 3.74. The van der Waals surface area contributed by atoms with Crippen LogP contribution in [0, 0.1) is 15.9 Å². The molecular formula is C8H5F2NO4. The summed E-state index contributed by atoms with van der Waals surface area (Å²) in [6.07, 6.45) is -2.40. The minimum atomic E-state index is -2.40. The fourth-order valence-corrected chi connectivity index (χ4v) is 0.970. The Labute approximate surface area is 82.1 Å². The van der Waals surface area contributed by atoms with Crippen LogP contribution in [-0.2, 0) is 4.79 Å². The Balaban J connectivity index is 3.18. The number of benzene rings is 1. The van der Waals surface area contributed by atoms with Crippen molar-refractivity contribution in [3.05, 3.63) is 39.7 Å². The second-order valence-electron chi connectivity index (χ2n) is 2.67. The van der Waals surface area contributed by atoms with Gasteiger partial charge in [-0.25, -0.2) is 9.18 Å². The van der Waals surface area contributed by atoms with Crippen LogP contribution in [0.3, 0.4) is 0 Å². The fourth-order valence-electron chi connectivity index (χ4n) is 0.970. The number of rotatable bonds is 3. The molecule has 0 aliphatic rings. The molecule has 5 nitrogen and oxygen atoms in total. The van der Waals surface area contributed by atoms with Crippen LogP contribution < -0.4 is 0 Å². The Kier molecular flexibility index (Phi) is 2.93. The normalized spacial score (nSPS) is 12.1. The minimum Gasteiger partial charge on any atom is -0.479 e. The van der Waals surface area contributed by atoms with Crippen molar-refractivity contribution in [2.24, 2.45) is 0 Å². The van der Waals surface area contributed by atoms with E-state index in [0.717, 1.165) is 6.07 Å². The van der Waals surface area contributed by atoms with Crippen LogP contribution in [0.25, 0.3) is 0 Å². The van der Waals surface area contributed by atoms with Crippen LogP contribution in [-0.4, -0.2) is 16.0 Å². The molecule has 0 radical (unpaired) electrons. The van der Waals surface area contributed by atoms with Gasteiger partial charge in [0.2, 0.25) is 12.0 Å². The molecule has 0 saturated carbocycles. The van der Waals surface area contributed by atoms with Crippen molar-refractivity contribution in [2.75, 3.05) is 0 Å². The SMILES string of the molecule is O=C(O)C(F)c1ccc(F)c([N+](=O)[O-])c1. The summed E-state index contributed by atoms with van der Waals surface area (Å²) in [4.78, 5) is 19.4. The lowest BCUT2D eigenvalue weighted by atomic mass is 10.1. The Bertz CT molecular complexity index is 421. The third-order valence-electron chi connectivity index (χ3n) is 1.68. The number of carboxylic acid groups (broad SMARTS) is 1. The average Bonchev–Trinajstić information content (AvgIpc) is 2.16. The van der Waals surface area contributed by atoms with Gasteiger partial charge in [-0.15, -0.1) is 0 Å². The van der Waals surface area contributed by atoms with Gasteiger partial charge in [0.05, 0.1) is 4.92 Å². The molecule has 0 heterocycles. The van der Waals surface area contributed by atoms with Crippen LogP contribution in [0.15, 0.2) is 18.2 Å². The van der Waals surface area contributed by atoms with Gasteiger partial charge >= 0.3 is 11.7 Å². The zero-order valence-electron chi connectivity index (χ0n) is 7.18. The van der Waals surface area contributed by atoms with Gasteiger partial charge in [-0.1, -0.05) is 6.07 Å². The van der Waals surface area contributed by atoms with Crippen molar-refractivity contribution in [1.82, 2.24) is 0 Å². The molecule has 1 unspecified atom stereocenters. The van der Waals surface area contributed by atoms with Gasteiger partial charge in [0.15, 0.2) is 0 Å². The maximum absolute atomic E-state index is 12.9. The number of nitro groups is 1. The minimum absolute atomic E-state index is 0.462. The van der Waals surface area contributed by atoms with Gasteiger partial charge in [0, 0.05) is 11.6 Å². The molecule has 1 aromatic rings. The smallest absolute Gasteiger partial charge is 0.343 e. The van der Waals surface area contributed by atoms with E-state index in [9.17, 15) is 23.7 Å². The number of alkyl halides is 1. The molecule has 15 heavy (non-hydrogen) atoms. The molecule has 80 valence electrons. The van der Waals surface area contributed by atoms with Crippen molar-refractivity contribution >= 4 is 11.7 Å². The number of aliphatic carboxylic acids is 1. The first kappa shape index (κ1) is 11.0. The van der Waals surface area contributed by atoms with Gasteiger partial charge in [-0.3, -0.25) is 10.1 Å². The predicted octanol–water partition coefficient (Wildman–Crippen LogP) is 1.83. The Morgan fingerprint density at radius 1 is 1.53 bits per heavy atom. The molecule has 0 fully saturated rings. The zero-order valence-corrected chi connectivity index (χ0v) is 7.18. The molecule has 1 atom stereocenters. The second kappa shape index (κ2) is 3.99. The Morgan fingerprint density at radius 3 is 2.60 bits per heavy atom. The largest absolute Gasteiger partial charge is 0.479 e. The lowest BCUT2D eigenvalue weighted by Gasteiger charge is -2.02. The number of carboxylic acids is 1. The summed E-state index contributed by atoms with van der Waals surface area (Å²) in [7, 11) is 0. The number of halogens is 2. The molecule has 0 aromatic heterocycles. The predicted molar refractivity (Wildman–Crippen MR) is 44.5 cm³/mol.